The lowest BCUT2D eigenvalue weighted by molar-refractivity contribution is -0.138. The first-order valence-electron chi connectivity index (χ1n) is 8.52. The van der Waals surface area contributed by atoms with Crippen LogP contribution in [-0.4, -0.2) is 41.4 Å². The summed E-state index contributed by atoms with van der Waals surface area (Å²) in [4.78, 5) is 37.8. The molecule has 0 fully saturated rings. The molecule has 0 heterocycles. The van der Waals surface area contributed by atoms with Crippen LogP contribution in [0.3, 0.4) is 0 Å². The lowest BCUT2D eigenvalue weighted by Gasteiger charge is -2.10. The zero-order valence-electron chi connectivity index (χ0n) is 14.9. The van der Waals surface area contributed by atoms with Crippen molar-refractivity contribution in [2.24, 2.45) is 10.7 Å². The molecule has 1 rings (SSSR count). The van der Waals surface area contributed by atoms with Gasteiger partial charge >= 0.3 is 5.97 Å². The molecular weight excluding hydrogens is 336 g/mol. The Bertz CT molecular complexity index is 631. The molecule has 0 saturated carbocycles. The number of nitrogens with zero attached hydrogens (tertiary/aromatic N) is 1. The van der Waals surface area contributed by atoms with E-state index in [2.05, 4.69) is 15.6 Å². The molecule has 0 bridgehead atoms. The van der Waals surface area contributed by atoms with Crippen molar-refractivity contribution in [2.45, 2.75) is 45.1 Å². The number of guanidine groups is 1. The van der Waals surface area contributed by atoms with E-state index in [1.807, 2.05) is 18.2 Å². The molecule has 1 aromatic rings. The normalized spacial score (nSPS) is 12.3. The third kappa shape index (κ3) is 9.41. The van der Waals surface area contributed by atoms with Crippen LogP contribution in [0.5, 0.6) is 0 Å². The number of carbonyl (C=O) groups excluding carboxylic acids is 2. The van der Waals surface area contributed by atoms with Crippen molar-refractivity contribution in [3.63, 3.8) is 0 Å². The van der Waals surface area contributed by atoms with Crippen LogP contribution < -0.4 is 16.4 Å². The topological polar surface area (TPSA) is 134 Å². The Morgan fingerprint density at radius 1 is 1.15 bits per heavy atom. The minimum absolute atomic E-state index is 0.0739. The van der Waals surface area contributed by atoms with Crippen molar-refractivity contribution >= 4 is 23.7 Å². The number of unbranched alkanes of at least 4 members (excludes halogenated alkanes) is 2. The molecule has 0 radical (unpaired) electrons. The van der Waals surface area contributed by atoms with Gasteiger partial charge in [0, 0.05) is 26.3 Å². The standard InChI is InChI=1S/C18H26N4O4/c1-13(23)20-11-7-3-6-10-16(24)22-18(19)21-15(17(25)26)12-14-8-4-2-5-9-14/h2,4-5,8-9,15H,3,6-7,10-12H2,1H3,(H,20,23)(H,25,26)(H3,19,21,22,24)/t15-/m0/s1. The molecule has 0 aliphatic carbocycles. The molecule has 2 amide bonds. The van der Waals surface area contributed by atoms with Crippen LogP contribution in [0.2, 0.25) is 0 Å². The van der Waals surface area contributed by atoms with Gasteiger partial charge in [-0.2, -0.15) is 0 Å². The van der Waals surface area contributed by atoms with Crippen LogP contribution in [0.1, 0.15) is 38.2 Å². The van der Waals surface area contributed by atoms with Crippen molar-refractivity contribution in [3.05, 3.63) is 35.9 Å². The van der Waals surface area contributed by atoms with Gasteiger partial charge in [-0.3, -0.25) is 14.9 Å². The SMILES string of the molecule is CC(=O)NCCCCCC(=O)NC(N)=N[C@@H](Cc1ccccc1)C(=O)O. The number of amides is 2. The van der Waals surface area contributed by atoms with Gasteiger partial charge in [0.25, 0.3) is 0 Å². The molecule has 0 saturated heterocycles. The summed E-state index contributed by atoms with van der Waals surface area (Å²) in [6.45, 7) is 2.04. The van der Waals surface area contributed by atoms with Crippen LogP contribution in [0.15, 0.2) is 35.3 Å². The van der Waals surface area contributed by atoms with Crippen LogP contribution >= 0.6 is 0 Å². The fourth-order valence-electron chi connectivity index (χ4n) is 2.28. The number of aliphatic imine (C=N–C) groups is 1. The molecule has 1 aromatic carbocycles. The minimum atomic E-state index is -1.11. The highest BCUT2D eigenvalue weighted by Crippen LogP contribution is 2.06. The maximum Gasteiger partial charge on any atom is 0.328 e. The summed E-state index contributed by atoms with van der Waals surface area (Å²) in [6, 6.07) is 8.02. The third-order valence-electron chi connectivity index (χ3n) is 3.57. The van der Waals surface area contributed by atoms with Crippen LogP contribution in [0.4, 0.5) is 0 Å². The number of carboxylic acids is 1. The molecule has 0 aromatic heterocycles. The number of rotatable bonds is 10. The third-order valence-corrected chi connectivity index (χ3v) is 3.57. The van der Waals surface area contributed by atoms with Gasteiger partial charge in [0.2, 0.25) is 11.8 Å². The number of carboxylic acid groups (broad SMARTS) is 1. The molecule has 0 aliphatic heterocycles. The Morgan fingerprint density at radius 3 is 2.46 bits per heavy atom. The fraction of sp³-hybridized carbons (Fsp3) is 0.444. The number of nitrogens with two attached hydrogens (primary N) is 1. The Hall–Kier alpha value is -2.90. The van der Waals surface area contributed by atoms with E-state index in [0.717, 1.165) is 18.4 Å². The van der Waals surface area contributed by atoms with E-state index < -0.39 is 12.0 Å². The lowest BCUT2D eigenvalue weighted by Crippen LogP contribution is -2.39. The highest BCUT2D eigenvalue weighted by atomic mass is 16.4. The second kappa shape index (κ2) is 11.6. The number of nitrogens with one attached hydrogen (secondary N) is 2. The fourth-order valence-corrected chi connectivity index (χ4v) is 2.28. The predicted molar refractivity (Wildman–Crippen MR) is 98.5 cm³/mol. The number of carbonyl (C=O) groups is 3. The van der Waals surface area contributed by atoms with E-state index >= 15 is 0 Å². The summed E-state index contributed by atoms with van der Waals surface area (Å²) in [5.74, 6) is -1.69. The molecule has 8 nitrogen and oxygen atoms in total. The Kier molecular flexibility index (Phi) is 9.45. The molecule has 0 spiro atoms. The van der Waals surface area contributed by atoms with Gasteiger partial charge in [0.1, 0.15) is 0 Å². The molecule has 0 unspecified atom stereocenters. The van der Waals surface area contributed by atoms with Crippen LogP contribution in [0.25, 0.3) is 0 Å². The highest BCUT2D eigenvalue weighted by Gasteiger charge is 2.18. The highest BCUT2D eigenvalue weighted by molar-refractivity contribution is 5.97. The molecule has 0 aliphatic rings. The van der Waals surface area contributed by atoms with Gasteiger partial charge in [-0.15, -0.1) is 0 Å². The number of aliphatic carboxylic acids is 1. The maximum absolute atomic E-state index is 11.8. The number of benzene rings is 1. The van der Waals surface area contributed by atoms with Crippen molar-refractivity contribution < 1.29 is 19.5 Å². The second-order valence-electron chi connectivity index (χ2n) is 5.90. The number of hydrogen-bond acceptors (Lipinski definition) is 4. The van der Waals surface area contributed by atoms with E-state index in [1.165, 1.54) is 6.92 Å². The van der Waals surface area contributed by atoms with Gasteiger partial charge in [-0.25, -0.2) is 9.79 Å². The van der Waals surface area contributed by atoms with Crippen LogP contribution in [0, 0.1) is 0 Å². The summed E-state index contributed by atoms with van der Waals surface area (Å²) in [5, 5.41) is 14.4. The largest absolute Gasteiger partial charge is 0.480 e. The molecule has 1 atom stereocenters. The quantitative estimate of drug-likeness (QED) is 0.278. The van der Waals surface area contributed by atoms with E-state index in [0.29, 0.717) is 13.0 Å². The van der Waals surface area contributed by atoms with Gasteiger partial charge < -0.3 is 16.2 Å². The zero-order valence-corrected chi connectivity index (χ0v) is 14.9. The molecule has 5 N–H and O–H groups in total. The predicted octanol–water partition coefficient (Wildman–Crippen LogP) is 0.810. The lowest BCUT2D eigenvalue weighted by atomic mass is 10.1. The summed E-state index contributed by atoms with van der Waals surface area (Å²) < 4.78 is 0. The first-order valence-corrected chi connectivity index (χ1v) is 8.52. The van der Waals surface area contributed by atoms with Crippen molar-refractivity contribution in [1.29, 1.82) is 0 Å². The molecule has 142 valence electrons. The van der Waals surface area contributed by atoms with E-state index in [-0.39, 0.29) is 30.6 Å². The van der Waals surface area contributed by atoms with Crippen LogP contribution in [-0.2, 0) is 20.8 Å². The van der Waals surface area contributed by atoms with Crippen molar-refractivity contribution in [1.82, 2.24) is 10.6 Å². The van der Waals surface area contributed by atoms with E-state index in [1.54, 1.807) is 12.1 Å². The Labute approximate surface area is 152 Å². The van der Waals surface area contributed by atoms with E-state index in [4.69, 9.17) is 5.73 Å². The molecular formula is C18H26N4O4. The Morgan fingerprint density at radius 2 is 1.85 bits per heavy atom. The van der Waals surface area contributed by atoms with Gasteiger partial charge in [-0.05, 0) is 18.4 Å². The van der Waals surface area contributed by atoms with Gasteiger partial charge in [0.15, 0.2) is 12.0 Å². The molecule has 8 heteroatoms. The average Bonchev–Trinajstić information content (AvgIpc) is 2.58. The maximum atomic E-state index is 11.8. The van der Waals surface area contributed by atoms with Gasteiger partial charge in [-0.1, -0.05) is 36.8 Å². The van der Waals surface area contributed by atoms with Crippen molar-refractivity contribution in [2.75, 3.05) is 6.54 Å². The summed E-state index contributed by atoms with van der Waals surface area (Å²) >= 11 is 0. The minimum Gasteiger partial charge on any atom is -0.480 e. The molecule has 26 heavy (non-hydrogen) atoms. The van der Waals surface area contributed by atoms with Gasteiger partial charge in [0.05, 0.1) is 0 Å². The second-order valence-corrected chi connectivity index (χ2v) is 5.90. The summed E-state index contributed by atoms with van der Waals surface area (Å²) in [7, 11) is 0. The summed E-state index contributed by atoms with van der Waals surface area (Å²) in [5.41, 5.74) is 6.48. The smallest absolute Gasteiger partial charge is 0.328 e. The zero-order chi connectivity index (χ0) is 19.4. The average molecular weight is 362 g/mol. The summed E-state index contributed by atoms with van der Waals surface area (Å²) in [6.07, 6.45) is 2.67. The first-order chi connectivity index (χ1) is 12.4. The number of hydrogen-bond donors (Lipinski definition) is 4. The van der Waals surface area contributed by atoms with E-state index in [9.17, 15) is 19.5 Å². The Balaban J connectivity index is 2.40. The monoisotopic (exact) mass is 362 g/mol. The van der Waals surface area contributed by atoms with Crippen molar-refractivity contribution in [3.8, 4) is 0 Å². The first kappa shape index (κ1) is 21.1.